The van der Waals surface area contributed by atoms with E-state index in [0.29, 0.717) is 17.1 Å². The molecule has 3 unspecified atom stereocenters. The predicted molar refractivity (Wildman–Crippen MR) is 89.9 cm³/mol. The summed E-state index contributed by atoms with van der Waals surface area (Å²) in [6.07, 6.45) is 1.74. The molecule has 0 aromatic heterocycles. The van der Waals surface area contributed by atoms with Crippen molar-refractivity contribution in [2.45, 2.75) is 36.4 Å². The van der Waals surface area contributed by atoms with Crippen molar-refractivity contribution in [3.05, 3.63) is 34.3 Å². The van der Waals surface area contributed by atoms with Crippen LogP contribution in [0.4, 0.5) is 0 Å². The van der Waals surface area contributed by atoms with Crippen LogP contribution in [-0.4, -0.2) is 22.6 Å². The lowest BCUT2D eigenvalue weighted by Crippen LogP contribution is -2.18. The highest BCUT2D eigenvalue weighted by Crippen LogP contribution is 2.35. The van der Waals surface area contributed by atoms with Crippen molar-refractivity contribution < 1.29 is 14.3 Å². The number of hydrogen-bond acceptors (Lipinski definition) is 3. The lowest BCUT2D eigenvalue weighted by atomic mass is 10.1. The van der Waals surface area contributed by atoms with E-state index in [0.717, 1.165) is 22.9 Å². The summed E-state index contributed by atoms with van der Waals surface area (Å²) in [7, 11) is 0. The molecule has 3 nitrogen and oxygen atoms in total. The molecule has 1 saturated carbocycles. The first kappa shape index (κ1) is 16.2. The van der Waals surface area contributed by atoms with Gasteiger partial charge in [0.2, 0.25) is 0 Å². The molecule has 0 bridgehead atoms. The molecule has 0 radical (unpaired) electrons. The Bertz CT molecular complexity index is 466. The van der Waals surface area contributed by atoms with Crippen molar-refractivity contribution in [2.24, 2.45) is 5.92 Å². The molecule has 2 rings (SSSR count). The summed E-state index contributed by atoms with van der Waals surface area (Å²) >= 11 is 5.83. The van der Waals surface area contributed by atoms with Gasteiger partial charge in [-0.15, -0.1) is 0 Å². The van der Waals surface area contributed by atoms with Crippen LogP contribution in [0.2, 0.25) is 0 Å². The SMILES string of the molecule is CCOC(=O)C1CC(I)C(OCc2cccc(Br)c2)C1. The number of carbonyl (C=O) groups excluding carboxylic acids is 1. The number of hydrogen-bond donors (Lipinski definition) is 0. The lowest BCUT2D eigenvalue weighted by molar-refractivity contribution is -0.148. The second-order valence-electron chi connectivity index (χ2n) is 4.92. The maximum atomic E-state index is 11.8. The molecule has 0 spiro atoms. The number of benzene rings is 1. The molecule has 0 saturated heterocycles. The van der Waals surface area contributed by atoms with Crippen LogP contribution in [0, 0.1) is 5.92 Å². The molecule has 1 aromatic rings. The molecule has 0 aliphatic heterocycles. The fraction of sp³-hybridized carbons (Fsp3) is 0.533. The van der Waals surface area contributed by atoms with Gasteiger partial charge < -0.3 is 9.47 Å². The van der Waals surface area contributed by atoms with Crippen molar-refractivity contribution in [1.29, 1.82) is 0 Å². The molecular formula is C15H18BrIO3. The summed E-state index contributed by atoms with van der Waals surface area (Å²) in [6, 6.07) is 8.10. The van der Waals surface area contributed by atoms with Crippen molar-refractivity contribution in [1.82, 2.24) is 0 Å². The number of halogens is 2. The van der Waals surface area contributed by atoms with E-state index in [9.17, 15) is 4.79 Å². The number of esters is 1. The summed E-state index contributed by atoms with van der Waals surface area (Å²) in [5, 5.41) is 0. The normalized spacial score (nSPS) is 25.6. The second-order valence-corrected chi connectivity index (χ2v) is 7.43. The maximum absolute atomic E-state index is 11.8. The van der Waals surface area contributed by atoms with Crippen LogP contribution in [0.25, 0.3) is 0 Å². The highest BCUT2D eigenvalue weighted by molar-refractivity contribution is 14.1. The first-order chi connectivity index (χ1) is 9.60. The Morgan fingerprint density at radius 3 is 2.95 bits per heavy atom. The summed E-state index contributed by atoms with van der Waals surface area (Å²) in [5.41, 5.74) is 1.14. The van der Waals surface area contributed by atoms with Crippen LogP contribution < -0.4 is 0 Å². The van der Waals surface area contributed by atoms with E-state index in [1.165, 1.54) is 0 Å². The third-order valence-corrected chi connectivity index (χ3v) is 5.21. The molecule has 110 valence electrons. The Morgan fingerprint density at radius 1 is 1.45 bits per heavy atom. The zero-order valence-corrected chi connectivity index (χ0v) is 15.1. The van der Waals surface area contributed by atoms with Gasteiger partial charge in [-0.05, 0) is 37.5 Å². The van der Waals surface area contributed by atoms with Gasteiger partial charge in [0, 0.05) is 8.40 Å². The summed E-state index contributed by atoms with van der Waals surface area (Å²) < 4.78 is 12.5. The van der Waals surface area contributed by atoms with Gasteiger partial charge in [0.15, 0.2) is 0 Å². The number of alkyl halides is 1. The Balaban J connectivity index is 1.86. The van der Waals surface area contributed by atoms with Crippen molar-refractivity contribution in [2.75, 3.05) is 6.61 Å². The third kappa shape index (κ3) is 4.43. The molecule has 1 aliphatic rings. The average Bonchev–Trinajstić information content (AvgIpc) is 2.78. The van der Waals surface area contributed by atoms with Crippen molar-refractivity contribution in [3.8, 4) is 0 Å². The first-order valence-electron chi connectivity index (χ1n) is 6.77. The van der Waals surface area contributed by atoms with Gasteiger partial charge in [-0.3, -0.25) is 4.79 Å². The summed E-state index contributed by atoms with van der Waals surface area (Å²) in [4.78, 5) is 11.8. The smallest absolute Gasteiger partial charge is 0.309 e. The van der Waals surface area contributed by atoms with Gasteiger partial charge >= 0.3 is 5.97 Å². The first-order valence-corrected chi connectivity index (χ1v) is 8.80. The molecule has 1 fully saturated rings. The predicted octanol–water partition coefficient (Wildman–Crippen LogP) is 4.11. The van der Waals surface area contributed by atoms with Gasteiger partial charge in [-0.1, -0.05) is 50.7 Å². The van der Waals surface area contributed by atoms with E-state index >= 15 is 0 Å². The van der Waals surface area contributed by atoms with Gasteiger partial charge in [-0.25, -0.2) is 0 Å². The van der Waals surface area contributed by atoms with E-state index in [-0.39, 0.29) is 18.0 Å². The van der Waals surface area contributed by atoms with Crippen molar-refractivity contribution in [3.63, 3.8) is 0 Å². The van der Waals surface area contributed by atoms with Crippen LogP contribution in [-0.2, 0) is 20.9 Å². The van der Waals surface area contributed by atoms with E-state index in [2.05, 4.69) is 44.6 Å². The molecular weight excluding hydrogens is 435 g/mol. The van der Waals surface area contributed by atoms with Crippen molar-refractivity contribution >= 4 is 44.5 Å². The van der Waals surface area contributed by atoms with E-state index in [4.69, 9.17) is 9.47 Å². The quantitative estimate of drug-likeness (QED) is 0.383. The van der Waals surface area contributed by atoms with Crippen LogP contribution in [0.15, 0.2) is 28.7 Å². The van der Waals surface area contributed by atoms with E-state index in [1.54, 1.807) is 0 Å². The maximum Gasteiger partial charge on any atom is 0.309 e. The summed E-state index contributed by atoms with van der Waals surface area (Å²) in [6.45, 7) is 2.87. The molecule has 0 amide bonds. The standard InChI is InChI=1S/C15H18BrIO3/c1-2-19-15(18)11-7-13(17)14(8-11)20-9-10-4-3-5-12(16)6-10/h3-6,11,13-14H,2,7-9H2,1H3. The zero-order chi connectivity index (χ0) is 14.5. The molecule has 0 N–H and O–H groups in total. The second kappa shape index (κ2) is 7.75. The number of ether oxygens (including phenoxy) is 2. The number of rotatable bonds is 5. The minimum absolute atomic E-state index is 0.00985. The highest BCUT2D eigenvalue weighted by Gasteiger charge is 2.37. The minimum Gasteiger partial charge on any atom is -0.466 e. The van der Waals surface area contributed by atoms with Crippen LogP contribution >= 0.6 is 38.5 Å². The van der Waals surface area contributed by atoms with Gasteiger partial charge in [0.1, 0.15) is 0 Å². The molecule has 1 aromatic carbocycles. The number of carbonyl (C=O) groups is 1. The Labute approximate surface area is 141 Å². The molecule has 0 heterocycles. The Morgan fingerprint density at radius 2 is 2.25 bits per heavy atom. The highest BCUT2D eigenvalue weighted by atomic mass is 127. The van der Waals surface area contributed by atoms with E-state index in [1.807, 2.05) is 25.1 Å². The van der Waals surface area contributed by atoms with Crippen LogP contribution in [0.1, 0.15) is 25.3 Å². The zero-order valence-electron chi connectivity index (χ0n) is 11.4. The average molecular weight is 453 g/mol. The molecule has 1 aliphatic carbocycles. The molecule has 5 heteroatoms. The lowest BCUT2D eigenvalue weighted by Gasteiger charge is -2.15. The molecule has 20 heavy (non-hydrogen) atoms. The van der Waals surface area contributed by atoms with Gasteiger partial charge in [0.25, 0.3) is 0 Å². The Hall–Kier alpha value is -0.140. The fourth-order valence-corrected chi connectivity index (χ4v) is 3.96. The van der Waals surface area contributed by atoms with Gasteiger partial charge in [0.05, 0.1) is 25.2 Å². The third-order valence-electron chi connectivity index (χ3n) is 3.40. The minimum atomic E-state index is -0.0808. The summed E-state index contributed by atoms with van der Waals surface area (Å²) in [5.74, 6) is -0.0907. The van der Waals surface area contributed by atoms with Gasteiger partial charge in [-0.2, -0.15) is 0 Å². The monoisotopic (exact) mass is 452 g/mol. The van der Waals surface area contributed by atoms with Crippen LogP contribution in [0.5, 0.6) is 0 Å². The fourth-order valence-electron chi connectivity index (χ4n) is 2.40. The Kier molecular flexibility index (Phi) is 6.29. The molecule has 3 atom stereocenters. The van der Waals surface area contributed by atoms with Crippen LogP contribution in [0.3, 0.4) is 0 Å². The topological polar surface area (TPSA) is 35.5 Å². The van der Waals surface area contributed by atoms with E-state index < -0.39 is 0 Å². The largest absolute Gasteiger partial charge is 0.466 e.